The molecule has 0 radical (unpaired) electrons. The molecule has 26 heavy (non-hydrogen) atoms. The molecule has 5 nitrogen and oxygen atoms in total. The molecule has 2 saturated heterocycles. The standard InChI is InChI=1S/C21H38N2O3/c1-21(2)15-26-10-4-5-18-13-22(3)9-8-17(18)11-20(25)23(14-19(21)24)12-16-6-7-16/h16-19,24H,4-15H2,1-3H3/t17-,18-,19-/m0/s1. The first-order chi connectivity index (χ1) is 12.3. The lowest BCUT2D eigenvalue weighted by molar-refractivity contribution is -0.136. The smallest absolute Gasteiger partial charge is 0.222 e. The third kappa shape index (κ3) is 5.43. The number of hydrogen-bond donors (Lipinski definition) is 1. The predicted molar refractivity (Wildman–Crippen MR) is 103 cm³/mol. The van der Waals surface area contributed by atoms with Crippen LogP contribution in [0.5, 0.6) is 0 Å². The first-order valence-corrected chi connectivity index (χ1v) is 10.6. The first kappa shape index (κ1) is 20.1. The zero-order valence-electron chi connectivity index (χ0n) is 17.0. The van der Waals surface area contributed by atoms with Crippen LogP contribution < -0.4 is 0 Å². The number of aliphatic hydroxyl groups excluding tert-OH is 1. The van der Waals surface area contributed by atoms with E-state index in [0.717, 1.165) is 45.5 Å². The molecule has 2 aliphatic heterocycles. The van der Waals surface area contributed by atoms with Gasteiger partial charge in [0.15, 0.2) is 0 Å². The van der Waals surface area contributed by atoms with Crippen molar-refractivity contribution in [2.24, 2.45) is 23.2 Å². The molecular weight excluding hydrogens is 328 g/mol. The Bertz CT molecular complexity index is 478. The Morgan fingerprint density at radius 1 is 1.15 bits per heavy atom. The van der Waals surface area contributed by atoms with Crippen LogP contribution in [0.1, 0.15) is 52.4 Å². The van der Waals surface area contributed by atoms with E-state index < -0.39 is 6.10 Å². The van der Waals surface area contributed by atoms with Crippen molar-refractivity contribution in [1.29, 1.82) is 0 Å². The van der Waals surface area contributed by atoms with Gasteiger partial charge < -0.3 is 19.6 Å². The maximum atomic E-state index is 13.1. The van der Waals surface area contributed by atoms with Gasteiger partial charge in [-0.2, -0.15) is 0 Å². The zero-order chi connectivity index (χ0) is 18.7. The Morgan fingerprint density at radius 2 is 1.92 bits per heavy atom. The largest absolute Gasteiger partial charge is 0.391 e. The SMILES string of the molecule is CN1CC[C@H]2CC(=O)N(CC3CC3)C[C@H](O)C(C)(C)COCCC[C@H]2C1. The van der Waals surface area contributed by atoms with Gasteiger partial charge in [-0.15, -0.1) is 0 Å². The summed E-state index contributed by atoms with van der Waals surface area (Å²) in [5, 5.41) is 10.8. The molecule has 2 heterocycles. The normalized spacial score (nSPS) is 35.2. The number of rotatable bonds is 2. The number of carbonyl (C=O) groups is 1. The fourth-order valence-corrected chi connectivity index (χ4v) is 4.44. The highest BCUT2D eigenvalue weighted by molar-refractivity contribution is 5.76. The highest BCUT2D eigenvalue weighted by atomic mass is 16.5. The Balaban J connectivity index is 1.73. The first-order valence-electron chi connectivity index (χ1n) is 10.6. The van der Waals surface area contributed by atoms with Crippen molar-refractivity contribution in [3.8, 4) is 0 Å². The molecule has 0 spiro atoms. The maximum Gasteiger partial charge on any atom is 0.222 e. The minimum absolute atomic E-state index is 0.256. The minimum Gasteiger partial charge on any atom is -0.391 e. The molecule has 0 aromatic heterocycles. The van der Waals surface area contributed by atoms with Crippen LogP contribution in [0.15, 0.2) is 0 Å². The number of carbonyl (C=O) groups excluding carboxylic acids is 1. The third-order valence-electron chi connectivity index (χ3n) is 6.69. The Morgan fingerprint density at radius 3 is 2.65 bits per heavy atom. The fourth-order valence-electron chi connectivity index (χ4n) is 4.44. The number of ether oxygens (including phenoxy) is 1. The van der Waals surface area contributed by atoms with Crippen LogP contribution in [-0.4, -0.2) is 73.4 Å². The summed E-state index contributed by atoms with van der Waals surface area (Å²) in [7, 11) is 2.19. The lowest BCUT2D eigenvalue weighted by Gasteiger charge is -2.38. The summed E-state index contributed by atoms with van der Waals surface area (Å²) in [6, 6.07) is 0. The van der Waals surface area contributed by atoms with Gasteiger partial charge in [0.05, 0.1) is 12.7 Å². The van der Waals surface area contributed by atoms with Crippen molar-refractivity contribution >= 4 is 5.91 Å². The number of hydrogen-bond acceptors (Lipinski definition) is 4. The van der Waals surface area contributed by atoms with Crippen LogP contribution in [0, 0.1) is 23.2 Å². The van der Waals surface area contributed by atoms with Crippen LogP contribution in [0.2, 0.25) is 0 Å². The lowest BCUT2D eigenvalue weighted by atomic mass is 9.80. The molecule has 1 N–H and O–H groups in total. The summed E-state index contributed by atoms with van der Waals surface area (Å²) in [5.41, 5.74) is -0.330. The van der Waals surface area contributed by atoms with E-state index in [9.17, 15) is 9.90 Å². The summed E-state index contributed by atoms with van der Waals surface area (Å²) in [4.78, 5) is 17.5. The molecule has 0 bridgehead atoms. The molecule has 5 heteroatoms. The highest BCUT2D eigenvalue weighted by Gasteiger charge is 2.36. The fraction of sp³-hybridized carbons (Fsp3) is 0.952. The molecule has 3 rings (SSSR count). The number of nitrogens with zero attached hydrogens (tertiary/aromatic N) is 2. The predicted octanol–water partition coefficient (Wildman–Crippen LogP) is 2.38. The molecular formula is C21H38N2O3. The van der Waals surface area contributed by atoms with E-state index in [-0.39, 0.29) is 11.3 Å². The number of piperidine rings is 1. The van der Waals surface area contributed by atoms with Crippen LogP contribution >= 0.6 is 0 Å². The molecule has 0 aromatic carbocycles. The monoisotopic (exact) mass is 366 g/mol. The molecule has 150 valence electrons. The van der Waals surface area contributed by atoms with Crippen LogP contribution in [-0.2, 0) is 9.53 Å². The third-order valence-corrected chi connectivity index (χ3v) is 6.69. The molecule has 3 atom stereocenters. The van der Waals surface area contributed by atoms with Crippen molar-refractivity contribution in [3.05, 3.63) is 0 Å². The van der Waals surface area contributed by atoms with Crippen molar-refractivity contribution in [2.75, 3.05) is 46.4 Å². The van der Waals surface area contributed by atoms with E-state index in [0.29, 0.717) is 37.3 Å². The summed E-state index contributed by atoms with van der Waals surface area (Å²) in [6.07, 6.45) is 5.85. The van der Waals surface area contributed by atoms with Gasteiger partial charge in [-0.25, -0.2) is 0 Å². The summed E-state index contributed by atoms with van der Waals surface area (Å²) in [6.45, 7) is 8.85. The van der Waals surface area contributed by atoms with Crippen LogP contribution in [0.4, 0.5) is 0 Å². The van der Waals surface area contributed by atoms with Gasteiger partial charge in [0.2, 0.25) is 5.91 Å². The summed E-state index contributed by atoms with van der Waals surface area (Å²) in [5.74, 6) is 1.97. The summed E-state index contributed by atoms with van der Waals surface area (Å²) >= 11 is 0. The molecule has 1 saturated carbocycles. The molecule has 1 aliphatic carbocycles. The van der Waals surface area contributed by atoms with Gasteiger partial charge in [-0.3, -0.25) is 4.79 Å². The average Bonchev–Trinajstić information content (AvgIpc) is 3.39. The molecule has 0 unspecified atom stereocenters. The van der Waals surface area contributed by atoms with E-state index in [2.05, 4.69) is 11.9 Å². The number of fused-ring (bicyclic) bond motifs is 1. The maximum absolute atomic E-state index is 13.1. The second-order valence-corrected chi connectivity index (χ2v) is 9.72. The van der Waals surface area contributed by atoms with E-state index >= 15 is 0 Å². The van der Waals surface area contributed by atoms with Gasteiger partial charge in [0.25, 0.3) is 0 Å². The number of likely N-dealkylation sites (tertiary alicyclic amines) is 1. The molecule has 3 aliphatic rings. The number of aliphatic hydroxyl groups is 1. The second-order valence-electron chi connectivity index (χ2n) is 9.72. The van der Waals surface area contributed by atoms with Crippen molar-refractivity contribution < 1.29 is 14.6 Å². The molecule has 1 amide bonds. The van der Waals surface area contributed by atoms with E-state index in [1.807, 2.05) is 18.7 Å². The van der Waals surface area contributed by atoms with Crippen molar-refractivity contribution in [1.82, 2.24) is 9.80 Å². The summed E-state index contributed by atoms with van der Waals surface area (Å²) < 4.78 is 5.92. The van der Waals surface area contributed by atoms with Gasteiger partial charge in [-0.1, -0.05) is 13.8 Å². The Hall–Kier alpha value is -0.650. The van der Waals surface area contributed by atoms with Crippen molar-refractivity contribution in [3.63, 3.8) is 0 Å². The average molecular weight is 367 g/mol. The lowest BCUT2D eigenvalue weighted by Crippen LogP contribution is -2.47. The minimum atomic E-state index is -0.542. The van der Waals surface area contributed by atoms with Gasteiger partial charge in [0, 0.05) is 38.1 Å². The Labute approximate surface area is 159 Å². The van der Waals surface area contributed by atoms with Crippen LogP contribution in [0.3, 0.4) is 0 Å². The second kappa shape index (κ2) is 8.57. The van der Waals surface area contributed by atoms with E-state index in [1.54, 1.807) is 0 Å². The van der Waals surface area contributed by atoms with E-state index in [4.69, 9.17) is 4.74 Å². The van der Waals surface area contributed by atoms with Gasteiger partial charge >= 0.3 is 0 Å². The van der Waals surface area contributed by atoms with Crippen molar-refractivity contribution in [2.45, 2.75) is 58.5 Å². The molecule has 0 aromatic rings. The molecule has 3 fully saturated rings. The topological polar surface area (TPSA) is 53.0 Å². The Kier molecular flexibility index (Phi) is 6.63. The van der Waals surface area contributed by atoms with Gasteiger partial charge in [-0.05, 0) is 63.5 Å². The number of β-amino-alcohol motifs (C(OH)–C–C–N with tert-alkyl or cyclic N) is 1. The quantitative estimate of drug-likeness (QED) is 0.815. The zero-order valence-corrected chi connectivity index (χ0v) is 17.0. The van der Waals surface area contributed by atoms with Gasteiger partial charge in [0.1, 0.15) is 0 Å². The van der Waals surface area contributed by atoms with E-state index in [1.165, 1.54) is 12.8 Å². The highest BCUT2D eigenvalue weighted by Crippen LogP contribution is 2.34. The number of amides is 1. The van der Waals surface area contributed by atoms with Crippen LogP contribution in [0.25, 0.3) is 0 Å².